The van der Waals surface area contributed by atoms with Crippen LogP contribution in [0.3, 0.4) is 0 Å². The van der Waals surface area contributed by atoms with Gasteiger partial charge in [-0.3, -0.25) is 4.55 Å². The van der Waals surface area contributed by atoms with Gasteiger partial charge in [0.25, 0.3) is 10.1 Å². The van der Waals surface area contributed by atoms with Crippen LogP contribution in [0.4, 0.5) is 0 Å². The molecule has 0 bridgehead atoms. The van der Waals surface area contributed by atoms with Crippen LogP contribution in [0.25, 0.3) is 11.0 Å². The number of nitrogens with one attached hydrogen (secondary N) is 1. The molecule has 0 saturated heterocycles. The number of aromatic amines is 1. The first-order valence-corrected chi connectivity index (χ1v) is 4.92. The summed E-state index contributed by atoms with van der Waals surface area (Å²) in [6, 6.07) is 4.51. The predicted molar refractivity (Wildman–Crippen MR) is 53.1 cm³/mol. The van der Waals surface area contributed by atoms with E-state index in [1.807, 2.05) is 0 Å². The van der Waals surface area contributed by atoms with Gasteiger partial charge in [0.2, 0.25) is 0 Å². The van der Waals surface area contributed by atoms with Gasteiger partial charge in [0.1, 0.15) is 10.4 Å². The molecule has 0 aliphatic rings. The first-order valence-electron chi connectivity index (χ1n) is 3.48. The van der Waals surface area contributed by atoms with Crippen LogP contribution >= 0.6 is 0 Å². The summed E-state index contributed by atoms with van der Waals surface area (Å²) in [5.41, 5.74) is 0.833. The number of fused-ring (bicyclic) bond motifs is 1. The Hall–Kier alpha value is -0.400. The van der Waals surface area contributed by atoms with Crippen LogP contribution < -0.4 is 0 Å². The Morgan fingerprint density at radius 1 is 1.36 bits per heavy atom. The fraction of sp³-hybridized carbons (Fsp3) is 0. The van der Waals surface area contributed by atoms with Gasteiger partial charge < -0.3 is 4.98 Å². The molecule has 7 heteroatoms. The van der Waals surface area contributed by atoms with Gasteiger partial charge in [-0.25, -0.2) is 4.98 Å². The third-order valence-electron chi connectivity index (χ3n) is 1.69. The molecule has 14 heavy (non-hydrogen) atoms. The molecule has 1 heterocycles. The van der Waals surface area contributed by atoms with E-state index >= 15 is 0 Å². The van der Waals surface area contributed by atoms with Crippen LogP contribution in [0.5, 0.6) is 0 Å². The Balaban J connectivity index is 0.000000980. The molecule has 5 nitrogen and oxygen atoms in total. The first kappa shape index (κ1) is 11.7. The number of hydrogen-bond acceptors (Lipinski definition) is 3. The standard InChI is InChI=1S/C7H6N2O3S.Na.H/c10-13(11,12)6-3-1-2-5-7(6)9-4-8-5;;/h1-4H,(H,8,9)(H,10,11,12);;. The molecule has 0 aliphatic heterocycles. The second-order valence-electron chi connectivity index (χ2n) is 2.53. The summed E-state index contributed by atoms with van der Waals surface area (Å²) in [5, 5.41) is 0. The van der Waals surface area contributed by atoms with E-state index in [-0.39, 0.29) is 40.0 Å². The normalized spacial score (nSPS) is 11.2. The van der Waals surface area contributed by atoms with Gasteiger partial charge in [-0.2, -0.15) is 8.42 Å². The second kappa shape index (κ2) is 4.00. The topological polar surface area (TPSA) is 83.0 Å². The molecule has 0 unspecified atom stereocenters. The molecule has 0 radical (unpaired) electrons. The molecule has 1 aromatic heterocycles. The van der Waals surface area contributed by atoms with Gasteiger partial charge in [-0.15, -0.1) is 0 Å². The molecule has 0 aliphatic carbocycles. The fourth-order valence-corrected chi connectivity index (χ4v) is 1.80. The van der Waals surface area contributed by atoms with Gasteiger partial charge in [0.05, 0.1) is 11.8 Å². The minimum absolute atomic E-state index is 0. The van der Waals surface area contributed by atoms with E-state index in [2.05, 4.69) is 9.97 Å². The van der Waals surface area contributed by atoms with Crippen molar-refractivity contribution in [1.82, 2.24) is 9.97 Å². The van der Waals surface area contributed by atoms with Crippen LogP contribution in [0.1, 0.15) is 0 Å². The van der Waals surface area contributed by atoms with Crippen molar-refractivity contribution in [1.29, 1.82) is 0 Å². The minimum atomic E-state index is -4.18. The average molecular weight is 222 g/mol. The number of nitrogens with zero attached hydrogens (tertiary/aromatic N) is 1. The molecule has 0 fully saturated rings. The Morgan fingerprint density at radius 2 is 2.07 bits per heavy atom. The first-order chi connectivity index (χ1) is 6.09. The predicted octanol–water partition coefficient (Wildman–Crippen LogP) is 0.161. The van der Waals surface area contributed by atoms with E-state index in [0.29, 0.717) is 5.52 Å². The van der Waals surface area contributed by atoms with E-state index < -0.39 is 10.1 Å². The Bertz CT molecular complexity index is 549. The molecule has 0 saturated carbocycles. The zero-order valence-corrected chi connectivity index (χ0v) is 7.25. The van der Waals surface area contributed by atoms with Crippen molar-refractivity contribution < 1.29 is 13.0 Å². The van der Waals surface area contributed by atoms with Gasteiger partial charge in [0, 0.05) is 0 Å². The van der Waals surface area contributed by atoms with Crippen LogP contribution in [-0.4, -0.2) is 52.5 Å². The Labute approximate surface area is 103 Å². The Kier molecular flexibility index (Phi) is 3.33. The summed E-state index contributed by atoms with van der Waals surface area (Å²) in [6.45, 7) is 0. The van der Waals surface area contributed by atoms with Crippen molar-refractivity contribution in [3.8, 4) is 0 Å². The van der Waals surface area contributed by atoms with Gasteiger partial charge in [-0.05, 0) is 12.1 Å². The van der Waals surface area contributed by atoms with Crippen molar-refractivity contribution in [2.24, 2.45) is 0 Å². The number of hydrogen-bond donors (Lipinski definition) is 2. The summed E-state index contributed by atoms with van der Waals surface area (Å²) < 4.78 is 30.5. The number of rotatable bonds is 1. The van der Waals surface area contributed by atoms with Crippen LogP contribution in [0.15, 0.2) is 29.4 Å². The van der Waals surface area contributed by atoms with E-state index in [1.165, 1.54) is 18.5 Å². The van der Waals surface area contributed by atoms with E-state index in [9.17, 15) is 8.42 Å². The molecule has 0 atom stereocenters. The van der Waals surface area contributed by atoms with E-state index in [4.69, 9.17) is 4.55 Å². The van der Waals surface area contributed by atoms with Crippen molar-refractivity contribution in [2.45, 2.75) is 4.90 Å². The zero-order valence-electron chi connectivity index (χ0n) is 6.43. The number of imidazole rings is 1. The Morgan fingerprint density at radius 3 is 2.71 bits per heavy atom. The second-order valence-corrected chi connectivity index (χ2v) is 3.92. The molecule has 0 spiro atoms. The SMILES string of the molecule is O=S(=O)(O)c1cccc2[nH]cnc12.[NaH]. The number of H-pyrrole nitrogens is 1. The molecule has 0 amide bonds. The van der Waals surface area contributed by atoms with Gasteiger partial charge >= 0.3 is 29.6 Å². The van der Waals surface area contributed by atoms with Gasteiger partial charge in [0.15, 0.2) is 0 Å². The summed E-state index contributed by atoms with van der Waals surface area (Å²) in [4.78, 5) is 6.36. The summed E-state index contributed by atoms with van der Waals surface area (Å²) in [6.07, 6.45) is 1.37. The maximum absolute atomic E-state index is 10.8. The number of aromatic nitrogens is 2. The van der Waals surface area contributed by atoms with Crippen molar-refractivity contribution in [3.63, 3.8) is 0 Å². The maximum atomic E-state index is 10.8. The average Bonchev–Trinajstić information content (AvgIpc) is 2.48. The third-order valence-corrected chi connectivity index (χ3v) is 2.58. The van der Waals surface area contributed by atoms with E-state index in [1.54, 1.807) is 6.07 Å². The number of para-hydroxylation sites is 1. The molecule has 2 aromatic rings. The van der Waals surface area contributed by atoms with Crippen molar-refractivity contribution >= 4 is 50.7 Å². The summed E-state index contributed by atoms with van der Waals surface area (Å²) in [5.74, 6) is 0. The van der Waals surface area contributed by atoms with E-state index in [0.717, 1.165) is 0 Å². The van der Waals surface area contributed by atoms with Crippen molar-refractivity contribution in [2.75, 3.05) is 0 Å². The quantitative estimate of drug-likeness (QED) is 0.532. The molecular formula is C7H7N2NaO3S. The monoisotopic (exact) mass is 222 g/mol. The molecule has 2 N–H and O–H groups in total. The van der Waals surface area contributed by atoms with Crippen LogP contribution in [0, 0.1) is 0 Å². The third kappa shape index (κ3) is 1.99. The molecular weight excluding hydrogens is 215 g/mol. The van der Waals surface area contributed by atoms with Gasteiger partial charge in [-0.1, -0.05) is 6.07 Å². The fourth-order valence-electron chi connectivity index (χ4n) is 1.15. The summed E-state index contributed by atoms with van der Waals surface area (Å²) in [7, 11) is -4.18. The van der Waals surface area contributed by atoms with Crippen LogP contribution in [0.2, 0.25) is 0 Å². The molecule has 1 aromatic carbocycles. The van der Waals surface area contributed by atoms with Crippen LogP contribution in [-0.2, 0) is 10.1 Å². The van der Waals surface area contributed by atoms with Crippen molar-refractivity contribution in [3.05, 3.63) is 24.5 Å². The molecule has 2 rings (SSSR count). The summed E-state index contributed by atoms with van der Waals surface area (Å²) >= 11 is 0. The number of benzene rings is 1. The molecule has 70 valence electrons. The zero-order chi connectivity index (χ0) is 9.47.